The van der Waals surface area contributed by atoms with Crippen LogP contribution in [0.5, 0.6) is 0 Å². The van der Waals surface area contributed by atoms with Crippen LogP contribution in [0.4, 0.5) is 4.39 Å². The van der Waals surface area contributed by atoms with Gasteiger partial charge in [0.15, 0.2) is 0 Å². The molecule has 0 saturated carbocycles. The van der Waals surface area contributed by atoms with Gasteiger partial charge in [-0.25, -0.2) is 4.39 Å². The predicted octanol–water partition coefficient (Wildman–Crippen LogP) is 5.72. The van der Waals surface area contributed by atoms with Crippen molar-refractivity contribution in [1.29, 1.82) is 0 Å². The molecule has 0 rings (SSSR count). The quantitative estimate of drug-likeness (QED) is 0.557. The number of rotatable bonds is 6. The number of hydrogen-bond acceptors (Lipinski definition) is 1. The van der Waals surface area contributed by atoms with Crippen molar-refractivity contribution >= 4 is 11.8 Å². The van der Waals surface area contributed by atoms with Crippen LogP contribution in [0, 0.1) is 0 Å². The van der Waals surface area contributed by atoms with Crippen molar-refractivity contribution < 1.29 is 4.39 Å². The van der Waals surface area contributed by atoms with E-state index in [0.717, 1.165) is 17.6 Å². The molecule has 0 aromatic carbocycles. The summed E-state index contributed by atoms with van der Waals surface area (Å²) in [6.45, 7) is 11.5. The van der Waals surface area contributed by atoms with Crippen molar-refractivity contribution in [3.05, 3.63) is 34.9 Å². The van der Waals surface area contributed by atoms with E-state index >= 15 is 0 Å². The third-order valence-corrected chi connectivity index (χ3v) is 3.91. The molecule has 1 atom stereocenters. The highest BCUT2D eigenvalue weighted by Gasteiger charge is 2.23. The van der Waals surface area contributed by atoms with Crippen LogP contribution in [-0.2, 0) is 0 Å². The Hall–Kier alpha value is -0.500. The SMILES string of the molecule is C\C=C(/C=C(\C(C)=C\C(C)SC)C(C)(C)F)CC. The first-order chi connectivity index (χ1) is 8.26. The van der Waals surface area contributed by atoms with E-state index in [1.54, 1.807) is 25.6 Å². The molecule has 0 saturated heterocycles. The van der Waals surface area contributed by atoms with Crippen LogP contribution in [0.1, 0.15) is 48.0 Å². The van der Waals surface area contributed by atoms with Gasteiger partial charge in [-0.3, -0.25) is 0 Å². The molecule has 0 spiro atoms. The second-order valence-electron chi connectivity index (χ2n) is 5.04. The summed E-state index contributed by atoms with van der Waals surface area (Å²) < 4.78 is 14.3. The van der Waals surface area contributed by atoms with E-state index in [1.807, 2.05) is 19.9 Å². The van der Waals surface area contributed by atoms with E-state index in [4.69, 9.17) is 0 Å². The van der Waals surface area contributed by atoms with E-state index in [-0.39, 0.29) is 0 Å². The van der Waals surface area contributed by atoms with Gasteiger partial charge in [0.2, 0.25) is 0 Å². The van der Waals surface area contributed by atoms with Crippen LogP contribution < -0.4 is 0 Å². The minimum Gasteiger partial charge on any atom is -0.239 e. The summed E-state index contributed by atoms with van der Waals surface area (Å²) >= 11 is 1.77. The van der Waals surface area contributed by atoms with Crippen molar-refractivity contribution in [3.8, 4) is 0 Å². The molecule has 0 aliphatic carbocycles. The molecule has 0 amide bonds. The van der Waals surface area contributed by atoms with Gasteiger partial charge in [0.1, 0.15) is 5.67 Å². The summed E-state index contributed by atoms with van der Waals surface area (Å²) in [6, 6.07) is 0. The van der Waals surface area contributed by atoms with Crippen LogP contribution in [0.3, 0.4) is 0 Å². The number of allylic oxidation sites excluding steroid dienone is 5. The molecule has 0 aromatic heterocycles. The second kappa shape index (κ2) is 7.83. The van der Waals surface area contributed by atoms with Crippen LogP contribution in [0.15, 0.2) is 34.9 Å². The van der Waals surface area contributed by atoms with Gasteiger partial charge in [-0.05, 0) is 58.4 Å². The average Bonchev–Trinajstić information content (AvgIpc) is 2.28. The first-order valence-corrected chi connectivity index (χ1v) is 7.82. The third-order valence-electron chi connectivity index (χ3n) is 3.03. The van der Waals surface area contributed by atoms with Gasteiger partial charge in [0, 0.05) is 5.25 Å². The predicted molar refractivity (Wildman–Crippen MR) is 84.1 cm³/mol. The van der Waals surface area contributed by atoms with Crippen LogP contribution in [-0.4, -0.2) is 17.2 Å². The van der Waals surface area contributed by atoms with E-state index in [2.05, 4.69) is 32.3 Å². The average molecular weight is 270 g/mol. The Morgan fingerprint density at radius 1 is 1.39 bits per heavy atom. The molecule has 0 fully saturated rings. The maximum absolute atomic E-state index is 14.3. The Morgan fingerprint density at radius 3 is 2.28 bits per heavy atom. The Bertz CT molecular complexity index is 343. The summed E-state index contributed by atoms with van der Waals surface area (Å²) in [6.07, 6.45) is 9.19. The zero-order chi connectivity index (χ0) is 14.3. The van der Waals surface area contributed by atoms with Crippen molar-refractivity contribution in [1.82, 2.24) is 0 Å². The second-order valence-corrected chi connectivity index (χ2v) is 6.25. The molecule has 104 valence electrons. The monoisotopic (exact) mass is 270 g/mol. The molecular formula is C16H27FS. The Labute approximate surface area is 116 Å². The van der Waals surface area contributed by atoms with E-state index in [9.17, 15) is 4.39 Å². The van der Waals surface area contributed by atoms with Crippen LogP contribution in [0.25, 0.3) is 0 Å². The Kier molecular flexibility index (Phi) is 7.61. The summed E-state index contributed by atoms with van der Waals surface area (Å²) in [7, 11) is 0. The van der Waals surface area contributed by atoms with Gasteiger partial charge in [0.05, 0.1) is 0 Å². The zero-order valence-electron chi connectivity index (χ0n) is 12.8. The molecule has 18 heavy (non-hydrogen) atoms. The number of halogens is 1. The van der Waals surface area contributed by atoms with Gasteiger partial charge in [-0.2, -0.15) is 11.8 Å². The largest absolute Gasteiger partial charge is 0.239 e. The molecule has 2 heteroatoms. The van der Waals surface area contributed by atoms with Crippen molar-refractivity contribution in [2.45, 2.75) is 58.9 Å². The maximum Gasteiger partial charge on any atom is 0.130 e. The zero-order valence-corrected chi connectivity index (χ0v) is 13.6. The van der Waals surface area contributed by atoms with Gasteiger partial charge in [-0.1, -0.05) is 30.7 Å². The topological polar surface area (TPSA) is 0 Å². The van der Waals surface area contributed by atoms with Crippen LogP contribution >= 0.6 is 11.8 Å². The lowest BCUT2D eigenvalue weighted by Crippen LogP contribution is -2.17. The molecule has 0 aromatic rings. The number of alkyl halides is 1. The molecule has 0 heterocycles. The van der Waals surface area contributed by atoms with Crippen molar-refractivity contribution in [3.63, 3.8) is 0 Å². The molecule has 0 aliphatic heterocycles. The fourth-order valence-electron chi connectivity index (χ4n) is 1.84. The lowest BCUT2D eigenvalue weighted by Gasteiger charge is -2.21. The fourth-order valence-corrected chi connectivity index (χ4v) is 2.18. The van der Waals surface area contributed by atoms with E-state index < -0.39 is 5.67 Å². The lowest BCUT2D eigenvalue weighted by atomic mass is 9.90. The normalized spacial score (nSPS) is 17.0. The standard InChI is InChI=1S/C16H27FS/c1-8-14(9-2)11-15(16(5,6)17)12(3)10-13(4)18-7/h8,10-11,13H,9H2,1-7H3/b12-10+,14-8-,15-11+. The number of thioether (sulfide) groups is 1. The van der Waals surface area contributed by atoms with Crippen molar-refractivity contribution in [2.75, 3.05) is 6.26 Å². The van der Waals surface area contributed by atoms with Gasteiger partial charge >= 0.3 is 0 Å². The Morgan fingerprint density at radius 2 is 1.94 bits per heavy atom. The highest BCUT2D eigenvalue weighted by atomic mass is 32.2. The fraction of sp³-hybridized carbons (Fsp3) is 0.625. The van der Waals surface area contributed by atoms with Gasteiger partial charge in [-0.15, -0.1) is 0 Å². The first-order valence-electron chi connectivity index (χ1n) is 6.54. The number of hydrogen-bond donors (Lipinski definition) is 0. The summed E-state index contributed by atoms with van der Waals surface area (Å²) in [5, 5.41) is 0.409. The van der Waals surface area contributed by atoms with E-state index in [0.29, 0.717) is 5.25 Å². The molecule has 0 radical (unpaired) electrons. The van der Waals surface area contributed by atoms with Gasteiger partial charge in [0.25, 0.3) is 0 Å². The third kappa shape index (κ3) is 5.90. The minimum atomic E-state index is -1.30. The molecule has 0 bridgehead atoms. The maximum atomic E-state index is 14.3. The van der Waals surface area contributed by atoms with E-state index in [1.165, 1.54) is 5.57 Å². The van der Waals surface area contributed by atoms with Crippen LogP contribution in [0.2, 0.25) is 0 Å². The molecule has 0 aliphatic rings. The molecule has 0 N–H and O–H groups in total. The Balaban J connectivity index is 5.46. The summed E-state index contributed by atoms with van der Waals surface area (Å²) in [4.78, 5) is 0. The minimum absolute atomic E-state index is 0.409. The lowest BCUT2D eigenvalue weighted by molar-refractivity contribution is 0.271. The highest BCUT2D eigenvalue weighted by molar-refractivity contribution is 7.99. The van der Waals surface area contributed by atoms with Crippen molar-refractivity contribution in [2.24, 2.45) is 0 Å². The summed E-state index contributed by atoms with van der Waals surface area (Å²) in [5.41, 5.74) is 1.71. The van der Waals surface area contributed by atoms with Gasteiger partial charge < -0.3 is 0 Å². The highest BCUT2D eigenvalue weighted by Crippen LogP contribution is 2.30. The molecule has 1 unspecified atom stereocenters. The summed E-state index contributed by atoms with van der Waals surface area (Å²) in [5.74, 6) is 0. The molecular weight excluding hydrogens is 243 g/mol. The first kappa shape index (κ1) is 17.5. The smallest absolute Gasteiger partial charge is 0.130 e. The molecule has 0 nitrogen and oxygen atoms in total.